The van der Waals surface area contributed by atoms with E-state index < -0.39 is 15.6 Å². The molecule has 1 aliphatic carbocycles. The van der Waals surface area contributed by atoms with Crippen LogP contribution in [0.4, 0.5) is 5.88 Å². The maximum atomic E-state index is 13.9. The summed E-state index contributed by atoms with van der Waals surface area (Å²) >= 11 is 0. The molecule has 0 radical (unpaired) electrons. The van der Waals surface area contributed by atoms with Gasteiger partial charge in [0.05, 0.1) is 23.6 Å². The van der Waals surface area contributed by atoms with Crippen molar-refractivity contribution in [2.45, 2.75) is 95.7 Å². The summed E-state index contributed by atoms with van der Waals surface area (Å²) in [6.07, 6.45) is 6.49. The third-order valence-electron chi connectivity index (χ3n) is 9.88. The number of amides is 2. The number of aliphatic imine (C=N–C) groups is 1. The molecule has 0 saturated heterocycles. The Balaban J connectivity index is 1.37. The van der Waals surface area contributed by atoms with Crippen LogP contribution in [0.25, 0.3) is 11.1 Å². The fourth-order valence-electron chi connectivity index (χ4n) is 6.88. The predicted molar refractivity (Wildman–Crippen MR) is 194 cm³/mol. The van der Waals surface area contributed by atoms with E-state index in [0.717, 1.165) is 67.5 Å². The van der Waals surface area contributed by atoms with Crippen LogP contribution in [0.1, 0.15) is 79.8 Å². The van der Waals surface area contributed by atoms with Gasteiger partial charge in [-0.1, -0.05) is 98.1 Å². The van der Waals surface area contributed by atoms with Crippen LogP contribution >= 0.6 is 0 Å². The molecule has 10 nitrogen and oxygen atoms in total. The standard InChI is InChI=1S/C39H45N5O5S/c1-5-6-18-35-40-39(21-12-13-22-39)38(46)44(35)25-30-19-20-32(31(23-30)26-43(4)36(45)24-29-14-8-7-9-15-29)33-16-10-11-17-34(33)50(47,48)42-37-27(2)28(3)41-49-37/h7-11,14-17,19-20,23,42H,5-6,12-13,18,21-22,24-26H2,1-4H3. The number of aryl methyl sites for hydroxylation is 1. The summed E-state index contributed by atoms with van der Waals surface area (Å²) in [5.41, 5.74) is 4.25. The number of sulfonamides is 1. The molecule has 1 N–H and O–H groups in total. The Labute approximate surface area is 294 Å². The highest BCUT2D eigenvalue weighted by Gasteiger charge is 2.49. The number of hydrogen-bond acceptors (Lipinski definition) is 7. The van der Waals surface area contributed by atoms with Crippen molar-refractivity contribution in [1.82, 2.24) is 15.0 Å². The highest BCUT2D eigenvalue weighted by Crippen LogP contribution is 2.40. The zero-order chi connectivity index (χ0) is 35.5. The Morgan fingerprint density at radius 1 is 0.980 bits per heavy atom. The second kappa shape index (κ2) is 14.6. The molecule has 50 heavy (non-hydrogen) atoms. The minimum Gasteiger partial charge on any atom is -0.341 e. The van der Waals surface area contributed by atoms with Gasteiger partial charge in [0, 0.05) is 31.1 Å². The lowest BCUT2D eigenvalue weighted by atomic mass is 9.95. The van der Waals surface area contributed by atoms with E-state index in [0.29, 0.717) is 28.9 Å². The monoisotopic (exact) mass is 695 g/mol. The van der Waals surface area contributed by atoms with Gasteiger partial charge in [-0.3, -0.25) is 19.5 Å². The number of rotatable bonds is 13. The molecule has 1 aromatic heterocycles. The first-order chi connectivity index (χ1) is 24.0. The van der Waals surface area contributed by atoms with E-state index in [-0.39, 0.29) is 35.6 Å². The highest BCUT2D eigenvalue weighted by molar-refractivity contribution is 7.92. The Morgan fingerprint density at radius 3 is 2.40 bits per heavy atom. The van der Waals surface area contributed by atoms with E-state index in [4.69, 9.17) is 9.52 Å². The molecular formula is C39H45N5O5S. The highest BCUT2D eigenvalue weighted by atomic mass is 32.2. The third-order valence-corrected chi connectivity index (χ3v) is 11.3. The molecule has 0 unspecified atom stereocenters. The first-order valence-electron chi connectivity index (χ1n) is 17.4. The number of likely N-dealkylation sites (N-methyl/N-ethyl adjacent to an activating group) is 1. The van der Waals surface area contributed by atoms with Crippen LogP contribution in [0.3, 0.4) is 0 Å². The maximum absolute atomic E-state index is 13.9. The molecule has 2 heterocycles. The van der Waals surface area contributed by atoms with Crippen LogP contribution in [-0.2, 0) is 39.1 Å². The average Bonchev–Trinajstić information content (AvgIpc) is 3.78. The van der Waals surface area contributed by atoms with Crippen LogP contribution in [-0.4, -0.2) is 53.6 Å². The topological polar surface area (TPSA) is 125 Å². The van der Waals surface area contributed by atoms with Gasteiger partial charge in [-0.25, -0.2) is 13.1 Å². The summed E-state index contributed by atoms with van der Waals surface area (Å²) in [4.78, 5) is 36.0. The van der Waals surface area contributed by atoms with Crippen LogP contribution in [0.5, 0.6) is 0 Å². The van der Waals surface area contributed by atoms with Crippen molar-refractivity contribution in [2.24, 2.45) is 4.99 Å². The molecule has 2 amide bonds. The number of carbonyl (C=O) groups is 2. The molecule has 11 heteroatoms. The van der Waals surface area contributed by atoms with E-state index >= 15 is 0 Å². The van der Waals surface area contributed by atoms with Crippen molar-refractivity contribution in [3.05, 3.63) is 101 Å². The zero-order valence-corrected chi connectivity index (χ0v) is 30.1. The minimum absolute atomic E-state index is 0.0626. The normalized spacial score (nSPS) is 15.5. The number of anilines is 1. The summed E-state index contributed by atoms with van der Waals surface area (Å²) < 4.78 is 35.6. The summed E-state index contributed by atoms with van der Waals surface area (Å²) in [6, 6.07) is 22.2. The molecule has 1 spiro atoms. The summed E-state index contributed by atoms with van der Waals surface area (Å²) in [7, 11) is -2.35. The largest absolute Gasteiger partial charge is 0.341 e. The third kappa shape index (κ3) is 7.23. The second-order valence-electron chi connectivity index (χ2n) is 13.5. The van der Waals surface area contributed by atoms with Crippen LogP contribution < -0.4 is 4.72 Å². The van der Waals surface area contributed by atoms with Crippen LogP contribution in [0, 0.1) is 13.8 Å². The fraction of sp³-hybridized carbons (Fsp3) is 0.385. The SMILES string of the molecule is CCCCC1=NC2(CCCC2)C(=O)N1Cc1ccc(-c2ccccc2S(=O)(=O)Nc2onc(C)c2C)c(CN(C)C(=O)Cc2ccccc2)c1. The second-order valence-corrected chi connectivity index (χ2v) is 15.1. The molecule has 6 rings (SSSR count). The zero-order valence-electron chi connectivity index (χ0n) is 29.2. The smallest absolute Gasteiger partial charge is 0.264 e. The molecule has 3 aromatic carbocycles. The molecular weight excluding hydrogens is 651 g/mol. The first-order valence-corrected chi connectivity index (χ1v) is 18.8. The number of aromatic nitrogens is 1. The Morgan fingerprint density at radius 2 is 1.70 bits per heavy atom. The predicted octanol–water partition coefficient (Wildman–Crippen LogP) is 7.20. The van der Waals surface area contributed by atoms with Crippen molar-refractivity contribution in [1.29, 1.82) is 0 Å². The molecule has 0 bridgehead atoms. The van der Waals surface area contributed by atoms with Gasteiger partial charge in [-0.15, -0.1) is 0 Å². The van der Waals surface area contributed by atoms with Gasteiger partial charge in [0.25, 0.3) is 15.9 Å². The number of amidine groups is 1. The molecule has 1 fully saturated rings. The van der Waals surface area contributed by atoms with Gasteiger partial charge in [-0.05, 0) is 61.4 Å². The quantitative estimate of drug-likeness (QED) is 0.158. The number of carbonyl (C=O) groups excluding carboxylic acids is 2. The van der Waals surface area contributed by atoms with Crippen molar-refractivity contribution in [2.75, 3.05) is 11.8 Å². The van der Waals surface area contributed by atoms with E-state index in [9.17, 15) is 18.0 Å². The minimum atomic E-state index is -4.10. The van der Waals surface area contributed by atoms with Crippen molar-refractivity contribution < 1.29 is 22.5 Å². The van der Waals surface area contributed by atoms with Gasteiger partial charge in [0.2, 0.25) is 11.8 Å². The van der Waals surface area contributed by atoms with Crippen molar-refractivity contribution in [3.63, 3.8) is 0 Å². The first kappa shape index (κ1) is 35.1. The lowest BCUT2D eigenvalue weighted by Gasteiger charge is -2.24. The summed E-state index contributed by atoms with van der Waals surface area (Å²) in [5.74, 6) is 0.912. The molecule has 1 aliphatic heterocycles. The number of nitrogens with one attached hydrogen (secondary N) is 1. The molecule has 0 atom stereocenters. The van der Waals surface area contributed by atoms with Gasteiger partial charge in [0.15, 0.2) is 0 Å². The number of unbranched alkanes of at least 4 members (excludes halogenated alkanes) is 1. The van der Waals surface area contributed by atoms with Crippen LogP contribution in [0.2, 0.25) is 0 Å². The van der Waals surface area contributed by atoms with Gasteiger partial charge >= 0.3 is 0 Å². The molecule has 1 saturated carbocycles. The van der Waals surface area contributed by atoms with E-state index in [1.54, 1.807) is 50.1 Å². The van der Waals surface area contributed by atoms with Crippen LogP contribution in [0.15, 0.2) is 87.2 Å². The maximum Gasteiger partial charge on any atom is 0.264 e. The van der Waals surface area contributed by atoms with E-state index in [1.807, 2.05) is 53.4 Å². The van der Waals surface area contributed by atoms with Crippen molar-refractivity contribution in [3.8, 4) is 11.1 Å². The van der Waals surface area contributed by atoms with Gasteiger partial charge < -0.3 is 9.42 Å². The lowest BCUT2D eigenvalue weighted by molar-refractivity contribution is -0.131. The Bertz CT molecular complexity index is 2020. The molecule has 262 valence electrons. The Kier molecular flexibility index (Phi) is 10.2. The van der Waals surface area contributed by atoms with Gasteiger partial charge in [-0.2, -0.15) is 0 Å². The summed E-state index contributed by atoms with van der Waals surface area (Å²) in [6.45, 7) is 6.20. The Hall–Kier alpha value is -4.77. The summed E-state index contributed by atoms with van der Waals surface area (Å²) in [5, 5.41) is 3.89. The average molecular weight is 696 g/mol. The lowest BCUT2D eigenvalue weighted by Crippen LogP contribution is -2.40. The number of nitrogens with zero attached hydrogens (tertiary/aromatic N) is 4. The number of benzene rings is 3. The fourth-order valence-corrected chi connectivity index (χ4v) is 8.15. The number of hydrogen-bond donors (Lipinski definition) is 1. The molecule has 4 aromatic rings. The van der Waals surface area contributed by atoms with E-state index in [1.165, 1.54) is 0 Å². The van der Waals surface area contributed by atoms with Gasteiger partial charge in [0.1, 0.15) is 11.4 Å². The molecule has 2 aliphatic rings. The van der Waals surface area contributed by atoms with Crippen molar-refractivity contribution >= 4 is 33.6 Å². The van der Waals surface area contributed by atoms with E-state index in [2.05, 4.69) is 16.8 Å².